The maximum absolute atomic E-state index is 11.7. The van der Waals surface area contributed by atoms with Crippen molar-refractivity contribution in [2.75, 3.05) is 19.8 Å². The molecule has 2 heterocycles. The summed E-state index contributed by atoms with van der Waals surface area (Å²) in [5, 5.41) is 46.6. The lowest BCUT2D eigenvalue weighted by Crippen LogP contribution is -2.68. The van der Waals surface area contributed by atoms with Crippen molar-refractivity contribution in [1.29, 1.82) is 0 Å². The van der Waals surface area contributed by atoms with Crippen LogP contribution in [0.25, 0.3) is 0 Å². The van der Waals surface area contributed by atoms with Crippen molar-refractivity contribution in [3.8, 4) is 0 Å². The number of hydrogen-bond acceptors (Lipinski definition) is 11. The lowest BCUT2D eigenvalue weighted by atomic mass is 9.95. The third-order valence-corrected chi connectivity index (χ3v) is 5.76. The average molecular weight is 480 g/mol. The number of ether oxygens (including phenoxy) is 4. The summed E-state index contributed by atoms with van der Waals surface area (Å²) in [6.45, 7) is 3.13. The van der Waals surface area contributed by atoms with Gasteiger partial charge in [0.1, 0.15) is 36.6 Å². The molecular formula is C20H37N3O10. The minimum Gasteiger partial charge on any atom is -0.394 e. The molecule has 33 heavy (non-hydrogen) atoms. The average Bonchev–Trinajstić information content (AvgIpc) is 2.78. The Morgan fingerprint density at radius 1 is 1.06 bits per heavy atom. The molecule has 10 atom stereocenters. The number of rotatable bonds is 12. The van der Waals surface area contributed by atoms with Gasteiger partial charge in [0, 0.05) is 13.5 Å². The van der Waals surface area contributed by atoms with E-state index in [1.807, 2.05) is 0 Å². The highest BCUT2D eigenvalue weighted by molar-refractivity contribution is 5.73. The summed E-state index contributed by atoms with van der Waals surface area (Å²) >= 11 is 0. The number of carbonyl (C=O) groups is 2. The normalized spacial score (nSPS) is 39.1. The Kier molecular flexibility index (Phi) is 11.4. The molecule has 2 aliphatic heterocycles. The lowest BCUT2D eigenvalue weighted by molar-refractivity contribution is -0.336. The quantitative estimate of drug-likeness (QED) is 0.109. The van der Waals surface area contributed by atoms with Gasteiger partial charge in [-0.2, -0.15) is 0 Å². The minimum absolute atomic E-state index is 0.288. The first-order chi connectivity index (χ1) is 15.7. The zero-order valence-corrected chi connectivity index (χ0v) is 18.9. The van der Waals surface area contributed by atoms with E-state index in [1.54, 1.807) is 6.92 Å². The van der Waals surface area contributed by atoms with Gasteiger partial charge < -0.3 is 55.7 Å². The number of aliphatic hydroxyl groups excluding tert-OH is 4. The molecule has 0 aromatic carbocycles. The third-order valence-electron chi connectivity index (χ3n) is 5.76. The van der Waals surface area contributed by atoms with Crippen LogP contribution in [0.1, 0.15) is 33.1 Å². The van der Waals surface area contributed by atoms with Crippen molar-refractivity contribution < 1.29 is 49.0 Å². The van der Waals surface area contributed by atoms with E-state index in [1.165, 1.54) is 6.92 Å². The molecule has 0 spiro atoms. The van der Waals surface area contributed by atoms with Crippen molar-refractivity contribution in [1.82, 2.24) is 10.6 Å². The Balaban J connectivity index is 2.11. The molecule has 0 aromatic rings. The molecule has 0 bridgehead atoms. The molecule has 13 heteroatoms. The highest BCUT2D eigenvalue weighted by Crippen LogP contribution is 2.29. The molecular weight excluding hydrogens is 442 g/mol. The fourth-order valence-corrected chi connectivity index (χ4v) is 4.00. The van der Waals surface area contributed by atoms with Gasteiger partial charge in [-0.3, -0.25) is 9.59 Å². The van der Waals surface area contributed by atoms with E-state index in [9.17, 15) is 30.0 Å². The monoisotopic (exact) mass is 479 g/mol. The van der Waals surface area contributed by atoms with Crippen LogP contribution in [-0.2, 0) is 28.5 Å². The van der Waals surface area contributed by atoms with E-state index in [0.717, 1.165) is 12.8 Å². The van der Waals surface area contributed by atoms with E-state index in [2.05, 4.69) is 10.6 Å². The second-order valence-electron chi connectivity index (χ2n) is 8.26. The fourth-order valence-electron chi connectivity index (χ4n) is 4.00. The van der Waals surface area contributed by atoms with Gasteiger partial charge in [-0.15, -0.1) is 0 Å². The molecule has 0 aromatic heterocycles. The minimum atomic E-state index is -1.57. The first kappa shape index (κ1) is 27.8. The Bertz CT molecular complexity index is 615. The van der Waals surface area contributed by atoms with Crippen molar-refractivity contribution in [2.45, 2.75) is 94.4 Å². The summed E-state index contributed by atoms with van der Waals surface area (Å²) in [4.78, 5) is 22.5. The molecule has 0 radical (unpaired) electrons. The van der Waals surface area contributed by atoms with Gasteiger partial charge in [-0.25, -0.2) is 0 Å². The van der Waals surface area contributed by atoms with Gasteiger partial charge in [0.05, 0.1) is 18.8 Å². The molecule has 8 N–H and O–H groups in total. The highest BCUT2D eigenvalue weighted by Gasteiger charge is 2.50. The summed E-state index contributed by atoms with van der Waals surface area (Å²) in [5.41, 5.74) is 5.48. The molecule has 2 fully saturated rings. The van der Waals surface area contributed by atoms with Crippen LogP contribution >= 0.6 is 0 Å². The molecule has 2 amide bonds. The summed E-state index contributed by atoms with van der Waals surface area (Å²) < 4.78 is 22.8. The molecule has 0 unspecified atom stereocenters. The van der Waals surface area contributed by atoms with E-state index in [-0.39, 0.29) is 6.61 Å². The number of unbranched alkanes of at least 4 members (excludes halogenated alkanes) is 2. The topological polar surface area (TPSA) is 202 Å². The molecule has 2 saturated heterocycles. The SMILES string of the molecule is CC(=O)N[C@H]1[C@@H](OCCCCCN)O[C@H](CO)[C@H](O[C@@H]2O[C@H](C)[C@@H](NC=O)[C@H](O)[C@H]2O)[C@@H]1O. The Hall–Kier alpha value is -1.42. The van der Waals surface area contributed by atoms with Gasteiger partial charge >= 0.3 is 0 Å². The highest BCUT2D eigenvalue weighted by atomic mass is 16.7. The fraction of sp³-hybridized carbons (Fsp3) is 0.900. The predicted octanol–water partition coefficient (Wildman–Crippen LogP) is -3.32. The maximum Gasteiger partial charge on any atom is 0.217 e. The largest absolute Gasteiger partial charge is 0.394 e. The third kappa shape index (κ3) is 7.28. The lowest BCUT2D eigenvalue weighted by Gasteiger charge is -2.47. The first-order valence-corrected chi connectivity index (χ1v) is 11.1. The van der Waals surface area contributed by atoms with Crippen LogP contribution in [0.3, 0.4) is 0 Å². The standard InChI is InChI=1S/C20H37N3O10/c1-10-13(22-9-25)15(27)17(29)20(31-10)33-18-12(8-24)32-19(30-7-5-3-4-6-21)14(16(18)28)23-11(2)26/h9-10,12-20,24,27-29H,3-8,21H2,1-2H3,(H,22,25)(H,23,26)/t10-,12-,13-,14-,15+,16-,17-,18+,19+,20+/m1/s1. The van der Waals surface area contributed by atoms with E-state index in [0.29, 0.717) is 19.4 Å². The van der Waals surface area contributed by atoms with Crippen molar-refractivity contribution in [3.05, 3.63) is 0 Å². The number of carbonyl (C=O) groups excluding carboxylic acids is 2. The number of nitrogens with one attached hydrogen (secondary N) is 2. The van der Waals surface area contributed by atoms with Gasteiger partial charge in [-0.1, -0.05) is 0 Å². The number of hydrogen-bond donors (Lipinski definition) is 7. The smallest absolute Gasteiger partial charge is 0.217 e. The number of amides is 2. The van der Waals surface area contributed by atoms with Crippen LogP contribution in [0.5, 0.6) is 0 Å². The second-order valence-corrected chi connectivity index (χ2v) is 8.26. The molecule has 0 aliphatic carbocycles. The summed E-state index contributed by atoms with van der Waals surface area (Å²) in [7, 11) is 0. The maximum atomic E-state index is 11.7. The van der Waals surface area contributed by atoms with Crippen molar-refractivity contribution in [3.63, 3.8) is 0 Å². The van der Waals surface area contributed by atoms with Crippen molar-refractivity contribution >= 4 is 12.3 Å². The Labute approximate surface area is 192 Å². The Morgan fingerprint density at radius 3 is 2.39 bits per heavy atom. The number of aliphatic hydroxyl groups is 4. The molecule has 192 valence electrons. The van der Waals surface area contributed by atoms with Crippen LogP contribution in [0.15, 0.2) is 0 Å². The van der Waals surface area contributed by atoms with Gasteiger partial charge in [0.2, 0.25) is 12.3 Å². The molecule has 2 aliphatic rings. The van der Waals surface area contributed by atoms with Gasteiger partial charge in [0.15, 0.2) is 12.6 Å². The number of nitrogens with two attached hydrogens (primary N) is 1. The summed E-state index contributed by atoms with van der Waals surface area (Å²) in [5.74, 6) is -0.443. The Morgan fingerprint density at radius 2 is 1.79 bits per heavy atom. The summed E-state index contributed by atoms with van der Waals surface area (Å²) in [6.07, 6.45) is -7.13. The van der Waals surface area contributed by atoms with Crippen LogP contribution in [0.4, 0.5) is 0 Å². The van der Waals surface area contributed by atoms with E-state index in [4.69, 9.17) is 24.7 Å². The van der Waals surface area contributed by atoms with E-state index >= 15 is 0 Å². The zero-order valence-electron chi connectivity index (χ0n) is 18.9. The van der Waals surface area contributed by atoms with E-state index < -0.39 is 73.8 Å². The molecule has 13 nitrogen and oxygen atoms in total. The van der Waals surface area contributed by atoms with Gasteiger partial charge in [0.25, 0.3) is 0 Å². The first-order valence-electron chi connectivity index (χ1n) is 11.1. The van der Waals surface area contributed by atoms with Gasteiger partial charge in [-0.05, 0) is 32.7 Å². The zero-order chi connectivity index (χ0) is 24.5. The van der Waals surface area contributed by atoms with Crippen LogP contribution in [0.2, 0.25) is 0 Å². The molecule has 2 rings (SSSR count). The predicted molar refractivity (Wildman–Crippen MR) is 112 cm³/mol. The van der Waals surface area contributed by atoms with Crippen LogP contribution in [-0.4, -0.2) is 114 Å². The van der Waals surface area contributed by atoms with Crippen LogP contribution in [0, 0.1) is 0 Å². The van der Waals surface area contributed by atoms with Crippen molar-refractivity contribution in [2.24, 2.45) is 5.73 Å². The molecule has 0 saturated carbocycles. The van der Waals surface area contributed by atoms with Crippen LogP contribution < -0.4 is 16.4 Å². The second kappa shape index (κ2) is 13.5. The summed E-state index contributed by atoms with van der Waals surface area (Å²) in [6, 6.07) is -1.90.